The van der Waals surface area contributed by atoms with Crippen LogP contribution in [-0.4, -0.2) is 130 Å². The van der Waals surface area contributed by atoms with Crippen LogP contribution in [0.4, 0.5) is 18.9 Å². The van der Waals surface area contributed by atoms with E-state index in [-0.39, 0.29) is 70.4 Å². The van der Waals surface area contributed by atoms with Crippen LogP contribution < -0.4 is 15.0 Å². The molecule has 89 heavy (non-hydrogen) atoms. The lowest BCUT2D eigenvalue weighted by Crippen LogP contribution is -2.46. The summed E-state index contributed by atoms with van der Waals surface area (Å²) in [5, 5.41) is 21.3. The molecule has 0 aliphatic carbocycles. The predicted molar refractivity (Wildman–Crippen MR) is 339 cm³/mol. The van der Waals surface area contributed by atoms with Gasteiger partial charge in [-0.05, 0) is 116 Å². The van der Waals surface area contributed by atoms with Crippen molar-refractivity contribution >= 4 is 57.3 Å². The molecule has 10 rings (SSSR count). The summed E-state index contributed by atoms with van der Waals surface area (Å²) in [5.41, 5.74) is 5.67. The average Bonchev–Trinajstić information content (AvgIpc) is 1.81. The number of aromatic amines is 1. The summed E-state index contributed by atoms with van der Waals surface area (Å²) in [4.78, 5) is 66.4. The number of aromatic nitrogens is 5. The lowest BCUT2D eigenvalue weighted by Gasteiger charge is -2.36. The van der Waals surface area contributed by atoms with E-state index in [1.807, 2.05) is 36.4 Å². The van der Waals surface area contributed by atoms with Crippen molar-refractivity contribution in [3.63, 3.8) is 0 Å². The number of carbonyl (C=O) groups is 4. The number of carbonyl (C=O) groups excluding carboxylic acids is 4. The molecular weight excluding hydrogens is 1160 g/mol. The molecule has 462 valence electrons. The molecular formula is C69H73ClF3N11O5. The van der Waals surface area contributed by atoms with Gasteiger partial charge in [-0.2, -0.15) is 5.26 Å². The number of anilines is 1. The summed E-state index contributed by atoms with van der Waals surface area (Å²) < 4.78 is 57.0. The molecule has 5 aromatic carbocycles. The normalized spacial score (nSPS) is 14.0. The molecule has 0 saturated carbocycles. The average molecular weight is 1230 g/mol. The van der Waals surface area contributed by atoms with E-state index in [9.17, 15) is 24.4 Å². The number of hydrogen-bond acceptors (Lipinski definition) is 10. The molecule has 3 aromatic heterocycles. The molecule has 0 unspecified atom stereocenters. The summed E-state index contributed by atoms with van der Waals surface area (Å²) >= 11 is 6.24. The molecule has 1 saturated heterocycles. The number of benzene rings is 5. The number of amides is 3. The van der Waals surface area contributed by atoms with Gasteiger partial charge in [0.15, 0.2) is 5.82 Å². The van der Waals surface area contributed by atoms with Crippen LogP contribution in [0.1, 0.15) is 123 Å². The van der Waals surface area contributed by atoms with Crippen LogP contribution in [0.15, 0.2) is 116 Å². The van der Waals surface area contributed by atoms with Crippen LogP contribution in [0.2, 0.25) is 5.02 Å². The molecule has 2 aliphatic heterocycles. The zero-order valence-corrected chi connectivity index (χ0v) is 51.6. The lowest BCUT2D eigenvalue weighted by atomic mass is 9.92. The van der Waals surface area contributed by atoms with Gasteiger partial charge in [0, 0.05) is 129 Å². The first-order valence-electron chi connectivity index (χ1n) is 30.3. The Morgan fingerprint density at radius 2 is 1.60 bits per heavy atom. The van der Waals surface area contributed by atoms with Gasteiger partial charge in [-0.3, -0.25) is 28.8 Å². The van der Waals surface area contributed by atoms with Crippen molar-refractivity contribution in [2.45, 2.75) is 83.7 Å². The van der Waals surface area contributed by atoms with Gasteiger partial charge in [0.05, 0.1) is 55.2 Å². The van der Waals surface area contributed by atoms with Crippen LogP contribution in [-0.2, 0) is 24.8 Å². The minimum Gasteiger partial charge on any atom is -0.496 e. The van der Waals surface area contributed by atoms with Crippen molar-refractivity contribution < 1.29 is 37.1 Å². The summed E-state index contributed by atoms with van der Waals surface area (Å²) in [5.74, 6) is -2.82. The Hall–Kier alpha value is -8.99. The van der Waals surface area contributed by atoms with Gasteiger partial charge in [-0.15, -0.1) is 5.10 Å². The second-order valence-electron chi connectivity index (χ2n) is 23.2. The summed E-state index contributed by atoms with van der Waals surface area (Å²) in [6.45, 7) is 7.11. The maximum Gasteiger partial charge on any atom is 0.269 e. The molecule has 3 amide bonds. The summed E-state index contributed by atoms with van der Waals surface area (Å²) in [6, 6.07) is 27.0. The van der Waals surface area contributed by atoms with Crippen molar-refractivity contribution in [2.24, 2.45) is 7.05 Å². The minimum atomic E-state index is -0.790. The fourth-order valence-electron chi connectivity index (χ4n) is 12.2. The van der Waals surface area contributed by atoms with E-state index in [4.69, 9.17) is 16.3 Å². The molecule has 1 atom stereocenters. The molecule has 0 radical (unpaired) electrons. The molecule has 16 nitrogen and oxygen atoms in total. The fourth-order valence-corrected chi connectivity index (χ4v) is 12.4. The van der Waals surface area contributed by atoms with Gasteiger partial charge in [0.25, 0.3) is 11.8 Å². The van der Waals surface area contributed by atoms with Gasteiger partial charge in [0.1, 0.15) is 23.1 Å². The number of nitriles is 1. The fraction of sp³-hybridized carbons (Fsp3) is 0.348. The van der Waals surface area contributed by atoms with E-state index >= 15 is 13.2 Å². The third-order valence-corrected chi connectivity index (χ3v) is 17.3. The van der Waals surface area contributed by atoms with Crippen LogP contribution in [0, 0.1) is 35.7 Å². The highest BCUT2D eigenvalue weighted by Gasteiger charge is 2.32. The Bertz CT molecular complexity index is 3970. The van der Waals surface area contributed by atoms with Gasteiger partial charge >= 0.3 is 0 Å². The number of fused-ring (bicyclic) bond motifs is 1. The number of aryl methyl sites for hydroxylation is 3. The van der Waals surface area contributed by atoms with Gasteiger partial charge in [0.2, 0.25) is 11.7 Å². The Labute approximate surface area is 521 Å². The number of ether oxygens (including phenoxy) is 1. The second-order valence-corrected chi connectivity index (χ2v) is 23.6. The van der Waals surface area contributed by atoms with Crippen molar-refractivity contribution in [3.05, 3.63) is 183 Å². The minimum absolute atomic E-state index is 0.0194. The number of hydrogen-bond donors (Lipinski definition) is 2. The first kappa shape index (κ1) is 63.0. The summed E-state index contributed by atoms with van der Waals surface area (Å²) in [7, 11) is 6.53. The number of ketones is 1. The monoisotopic (exact) mass is 1230 g/mol. The Balaban J connectivity index is 0.710. The molecule has 0 bridgehead atoms. The SMILES string of the molecule is COc1cc(N2CCN(CCCCCCCCc3ccc(C(=O)c4c(-c5c(F)ccc(F)c5C)c(C(=O)N[C@@H](CC#N)c5cccc(Cl)c5)cn4C)cc3)CC2)ccc1-c1cc(C2=CCCN(C(=O)CCn3ccnn3)C2)c(F)c2[nH]c(C(=O)N(C)C)cc12. The van der Waals surface area contributed by atoms with Crippen molar-refractivity contribution in [1.82, 2.24) is 44.6 Å². The third-order valence-electron chi connectivity index (χ3n) is 17.1. The zero-order valence-electron chi connectivity index (χ0n) is 50.9. The predicted octanol–water partition coefficient (Wildman–Crippen LogP) is 12.5. The molecule has 1 fully saturated rings. The van der Waals surface area contributed by atoms with E-state index in [0.29, 0.717) is 63.5 Å². The number of piperazine rings is 1. The maximum absolute atomic E-state index is 16.8. The van der Waals surface area contributed by atoms with Crippen LogP contribution in [0.5, 0.6) is 5.75 Å². The lowest BCUT2D eigenvalue weighted by molar-refractivity contribution is -0.131. The molecule has 2 N–H and O–H groups in total. The molecule has 2 aliphatic rings. The maximum atomic E-state index is 16.8. The number of rotatable bonds is 24. The van der Waals surface area contributed by atoms with Crippen molar-refractivity contribution in [3.8, 4) is 34.1 Å². The van der Waals surface area contributed by atoms with E-state index < -0.39 is 35.2 Å². The number of halogens is 4. The first-order valence-corrected chi connectivity index (χ1v) is 30.6. The molecule has 5 heterocycles. The highest BCUT2D eigenvalue weighted by Crippen LogP contribution is 2.43. The zero-order chi connectivity index (χ0) is 62.9. The van der Waals surface area contributed by atoms with Crippen LogP contribution in [0.3, 0.4) is 0 Å². The van der Waals surface area contributed by atoms with Gasteiger partial charge < -0.3 is 34.3 Å². The largest absolute Gasteiger partial charge is 0.496 e. The van der Waals surface area contributed by atoms with Crippen LogP contribution >= 0.6 is 11.6 Å². The quantitative estimate of drug-likeness (QED) is 0.0437. The van der Waals surface area contributed by atoms with Crippen molar-refractivity contribution in [1.29, 1.82) is 5.26 Å². The number of methoxy groups -OCH3 is 1. The van der Waals surface area contributed by atoms with Gasteiger partial charge in [-0.1, -0.05) is 85.0 Å². The van der Waals surface area contributed by atoms with E-state index in [1.165, 1.54) is 22.6 Å². The highest BCUT2D eigenvalue weighted by atomic mass is 35.5. The Kier molecular flexibility index (Phi) is 20.1. The van der Waals surface area contributed by atoms with Crippen molar-refractivity contribution in [2.75, 3.05) is 71.9 Å². The standard InChI is InChI=1S/C69H73ClF3N11O5/c1-44-56(71)24-25-57(72)62(44)63-55(68(87)77-58(26-28-74)47-15-12-17-49(70)38-47)43-80(4)66(63)67(86)46-20-18-45(19-21-46)14-10-8-6-7-9-11-30-81-34-36-82(37-35-81)50-22-23-51(60(39-50)89-5)53-40-52(64(73)65-54(53)41-59(76-65)69(88)79(2)3)48-16-13-31-83(42-48)61(85)27-32-84-33-29-75-78-84/h12,15-25,29,33,38-41,43,58,76H,6-11,13-14,26-27,30-32,34-37,42H2,1-5H3,(H,77,87)/t58-/m0/s1. The van der Waals surface area contributed by atoms with E-state index in [2.05, 4.69) is 42.5 Å². The number of unbranched alkanes of at least 4 members (excludes halogenated alkanes) is 5. The first-order chi connectivity index (χ1) is 43.0. The topological polar surface area (TPSA) is 178 Å². The summed E-state index contributed by atoms with van der Waals surface area (Å²) in [6.07, 6.45) is 14.8. The molecule has 20 heteroatoms. The number of nitrogens with one attached hydrogen (secondary N) is 2. The third kappa shape index (κ3) is 14.3. The smallest absolute Gasteiger partial charge is 0.269 e. The van der Waals surface area contributed by atoms with E-state index in [0.717, 1.165) is 107 Å². The number of H-pyrrole nitrogens is 1. The van der Waals surface area contributed by atoms with Gasteiger partial charge in [-0.25, -0.2) is 13.2 Å². The second kappa shape index (κ2) is 28.4. The van der Waals surface area contributed by atoms with E-state index in [1.54, 1.807) is 92.7 Å². The highest BCUT2D eigenvalue weighted by molar-refractivity contribution is 6.30. The molecule has 0 spiro atoms. The Morgan fingerprint density at radius 3 is 2.31 bits per heavy atom. The molecule has 8 aromatic rings. The van der Waals surface area contributed by atoms with Crippen LogP contribution in [0.25, 0.3) is 38.7 Å². The number of nitrogens with zero attached hydrogens (tertiary/aromatic N) is 9. The Morgan fingerprint density at radius 1 is 0.843 bits per heavy atom.